The minimum absolute atomic E-state index is 0.317. The van der Waals surface area contributed by atoms with Gasteiger partial charge in [0, 0.05) is 11.5 Å². The normalized spacial score (nSPS) is 10.6. The molecule has 21 heavy (non-hydrogen) atoms. The Balaban J connectivity index is 1.69. The van der Waals surface area contributed by atoms with E-state index in [1.165, 1.54) is 0 Å². The Morgan fingerprint density at radius 1 is 1.29 bits per heavy atom. The molecule has 3 aromatic rings. The molecule has 3 N–H and O–H groups in total. The second-order valence-electron chi connectivity index (χ2n) is 4.22. The van der Waals surface area contributed by atoms with Gasteiger partial charge in [-0.1, -0.05) is 15.9 Å². The summed E-state index contributed by atoms with van der Waals surface area (Å²) in [5.41, 5.74) is 0.739. The lowest BCUT2D eigenvalue weighted by Gasteiger charge is -2.03. The second kappa shape index (κ2) is 5.96. The number of rotatable bonds is 5. The molecule has 108 valence electrons. The molecule has 0 saturated heterocycles. The van der Waals surface area contributed by atoms with Crippen LogP contribution in [0.1, 0.15) is 5.82 Å². The minimum Gasteiger partial charge on any atom is -0.486 e. The Bertz CT molecular complexity index is 720. The first-order valence-corrected chi connectivity index (χ1v) is 7.06. The van der Waals surface area contributed by atoms with E-state index >= 15 is 0 Å². The fraction of sp³-hybridized carbons (Fsp3) is 0.154. The summed E-state index contributed by atoms with van der Waals surface area (Å²) in [6.07, 6.45) is 1.59. The monoisotopic (exact) mass is 348 g/mol. The molecule has 0 aliphatic rings. The van der Waals surface area contributed by atoms with E-state index in [4.69, 9.17) is 4.74 Å². The number of anilines is 1. The molecule has 0 spiro atoms. The third-order valence-electron chi connectivity index (χ3n) is 2.82. The van der Waals surface area contributed by atoms with Gasteiger partial charge in [0.15, 0.2) is 11.6 Å². The molecule has 0 aliphatic carbocycles. The van der Waals surface area contributed by atoms with Gasteiger partial charge in [-0.2, -0.15) is 5.10 Å². The van der Waals surface area contributed by atoms with Crippen molar-refractivity contribution in [2.24, 2.45) is 0 Å². The van der Waals surface area contributed by atoms with Gasteiger partial charge in [-0.05, 0) is 24.3 Å². The molecule has 0 aliphatic heterocycles. The highest BCUT2D eigenvalue weighted by Gasteiger charge is 2.12. The maximum atomic E-state index is 5.64. The Morgan fingerprint density at radius 3 is 2.86 bits per heavy atom. The summed E-state index contributed by atoms with van der Waals surface area (Å²) in [5.74, 6) is 2.67. The van der Waals surface area contributed by atoms with Crippen LogP contribution >= 0.6 is 15.9 Å². The molecule has 7 nitrogen and oxygen atoms in total. The average Bonchev–Trinajstić information content (AvgIpc) is 3.15. The molecular formula is C13H13BrN6O. The summed E-state index contributed by atoms with van der Waals surface area (Å²) in [5, 5.41) is 9.99. The number of benzene rings is 1. The van der Waals surface area contributed by atoms with Crippen molar-refractivity contribution >= 4 is 21.7 Å². The van der Waals surface area contributed by atoms with Crippen molar-refractivity contribution in [1.29, 1.82) is 0 Å². The van der Waals surface area contributed by atoms with Crippen LogP contribution in [0.2, 0.25) is 0 Å². The molecule has 0 bridgehead atoms. The molecule has 0 radical (unpaired) electrons. The summed E-state index contributed by atoms with van der Waals surface area (Å²) in [6.45, 7) is 0.317. The highest BCUT2D eigenvalue weighted by atomic mass is 79.9. The summed E-state index contributed by atoms with van der Waals surface area (Å²) >= 11 is 3.38. The van der Waals surface area contributed by atoms with Crippen LogP contribution in [0, 0.1) is 0 Å². The Kier molecular flexibility index (Phi) is 3.87. The van der Waals surface area contributed by atoms with Crippen molar-refractivity contribution in [2.45, 2.75) is 6.61 Å². The standard InChI is InChI=1S/C13H13BrN6O/c1-15-12-11(16-7-17-12)13-18-10(19-20-13)6-21-9-4-2-8(14)3-5-9/h2-5,7,15H,6H2,1H3,(H,16,17)(H,18,19,20). The Labute approximate surface area is 129 Å². The van der Waals surface area contributed by atoms with Gasteiger partial charge in [0.05, 0.1) is 6.33 Å². The molecule has 0 saturated carbocycles. The van der Waals surface area contributed by atoms with Gasteiger partial charge < -0.3 is 15.0 Å². The number of ether oxygens (including phenoxy) is 1. The van der Waals surface area contributed by atoms with Crippen LogP contribution in [-0.2, 0) is 6.61 Å². The van der Waals surface area contributed by atoms with Crippen LogP contribution in [0.4, 0.5) is 5.82 Å². The Hall–Kier alpha value is -2.35. The van der Waals surface area contributed by atoms with Gasteiger partial charge in [0.1, 0.15) is 18.1 Å². The molecule has 8 heteroatoms. The summed E-state index contributed by atoms with van der Waals surface area (Å²) in [4.78, 5) is 11.5. The summed E-state index contributed by atoms with van der Waals surface area (Å²) in [6, 6.07) is 7.61. The number of nitrogens with zero attached hydrogens (tertiary/aromatic N) is 3. The van der Waals surface area contributed by atoms with E-state index in [2.05, 4.69) is 46.4 Å². The molecule has 0 amide bonds. The fourth-order valence-corrected chi connectivity index (χ4v) is 2.07. The topological polar surface area (TPSA) is 91.5 Å². The zero-order valence-electron chi connectivity index (χ0n) is 11.2. The van der Waals surface area contributed by atoms with Gasteiger partial charge in [0.2, 0.25) is 5.82 Å². The molecule has 3 rings (SSSR count). The van der Waals surface area contributed by atoms with Gasteiger partial charge in [0.25, 0.3) is 0 Å². The smallest absolute Gasteiger partial charge is 0.201 e. The van der Waals surface area contributed by atoms with Gasteiger partial charge in [-0.3, -0.25) is 5.10 Å². The number of halogens is 1. The third-order valence-corrected chi connectivity index (χ3v) is 3.35. The van der Waals surface area contributed by atoms with Gasteiger partial charge >= 0.3 is 0 Å². The van der Waals surface area contributed by atoms with Gasteiger partial charge in [-0.25, -0.2) is 9.97 Å². The van der Waals surface area contributed by atoms with Crippen LogP contribution in [-0.4, -0.2) is 32.2 Å². The molecular weight excluding hydrogens is 336 g/mol. The van der Waals surface area contributed by atoms with E-state index in [9.17, 15) is 0 Å². The van der Waals surface area contributed by atoms with Crippen LogP contribution in [0.25, 0.3) is 11.5 Å². The maximum absolute atomic E-state index is 5.64. The first kappa shape index (κ1) is 13.6. The highest BCUT2D eigenvalue weighted by Crippen LogP contribution is 2.20. The predicted octanol–water partition coefficient (Wildman–Crippen LogP) is 2.58. The second-order valence-corrected chi connectivity index (χ2v) is 5.14. The van der Waals surface area contributed by atoms with E-state index in [1.54, 1.807) is 13.4 Å². The maximum Gasteiger partial charge on any atom is 0.201 e. The molecule has 1 aromatic carbocycles. The van der Waals surface area contributed by atoms with Crippen molar-refractivity contribution in [1.82, 2.24) is 25.1 Å². The van der Waals surface area contributed by atoms with Crippen LogP contribution in [0.15, 0.2) is 35.1 Å². The van der Waals surface area contributed by atoms with Crippen molar-refractivity contribution in [3.8, 4) is 17.3 Å². The van der Waals surface area contributed by atoms with Crippen molar-refractivity contribution in [2.75, 3.05) is 12.4 Å². The van der Waals surface area contributed by atoms with E-state index in [0.717, 1.165) is 15.9 Å². The van der Waals surface area contributed by atoms with Crippen LogP contribution in [0.5, 0.6) is 5.75 Å². The SMILES string of the molecule is CNc1nc[nH]c1-c1n[nH]c(COc2ccc(Br)cc2)n1. The largest absolute Gasteiger partial charge is 0.486 e. The zero-order chi connectivity index (χ0) is 14.7. The molecule has 2 heterocycles. The lowest BCUT2D eigenvalue weighted by atomic mass is 10.3. The summed E-state index contributed by atoms with van der Waals surface area (Å²) in [7, 11) is 1.80. The number of H-pyrrole nitrogens is 2. The van der Waals surface area contributed by atoms with Crippen molar-refractivity contribution in [3.05, 3.63) is 40.9 Å². The number of aromatic amines is 2. The predicted molar refractivity (Wildman–Crippen MR) is 82.0 cm³/mol. The van der Waals surface area contributed by atoms with E-state index in [1.807, 2.05) is 24.3 Å². The molecule has 0 fully saturated rings. The molecule has 2 aromatic heterocycles. The van der Waals surface area contributed by atoms with Gasteiger partial charge in [-0.15, -0.1) is 0 Å². The lowest BCUT2D eigenvalue weighted by molar-refractivity contribution is 0.296. The number of aromatic nitrogens is 5. The van der Waals surface area contributed by atoms with E-state index < -0.39 is 0 Å². The lowest BCUT2D eigenvalue weighted by Crippen LogP contribution is -1.97. The molecule has 0 unspecified atom stereocenters. The van der Waals surface area contributed by atoms with E-state index in [0.29, 0.717) is 24.1 Å². The zero-order valence-corrected chi connectivity index (χ0v) is 12.8. The third kappa shape index (κ3) is 3.05. The first-order valence-electron chi connectivity index (χ1n) is 6.27. The number of imidazole rings is 1. The Morgan fingerprint density at radius 2 is 2.10 bits per heavy atom. The minimum atomic E-state index is 0.317. The molecule has 0 atom stereocenters. The number of hydrogen-bond acceptors (Lipinski definition) is 5. The van der Waals surface area contributed by atoms with Crippen LogP contribution in [0.3, 0.4) is 0 Å². The van der Waals surface area contributed by atoms with Crippen LogP contribution < -0.4 is 10.1 Å². The fourth-order valence-electron chi connectivity index (χ4n) is 1.81. The van der Waals surface area contributed by atoms with Crippen molar-refractivity contribution < 1.29 is 4.74 Å². The first-order chi connectivity index (χ1) is 10.3. The quantitative estimate of drug-likeness (QED) is 0.659. The van der Waals surface area contributed by atoms with Crippen molar-refractivity contribution in [3.63, 3.8) is 0 Å². The van der Waals surface area contributed by atoms with E-state index in [-0.39, 0.29) is 0 Å². The summed E-state index contributed by atoms with van der Waals surface area (Å²) < 4.78 is 6.65. The number of nitrogens with one attached hydrogen (secondary N) is 3. The average molecular weight is 349 g/mol. The number of hydrogen-bond donors (Lipinski definition) is 3. The highest BCUT2D eigenvalue weighted by molar-refractivity contribution is 9.10.